The van der Waals surface area contributed by atoms with Crippen molar-refractivity contribution in [3.63, 3.8) is 0 Å². The number of nitrogens with zero attached hydrogens (tertiary/aromatic N) is 3. The Labute approximate surface area is 217 Å². The van der Waals surface area contributed by atoms with Crippen molar-refractivity contribution in [2.45, 2.75) is 46.1 Å². The number of halogens is 1. The fourth-order valence-corrected chi connectivity index (χ4v) is 4.70. The monoisotopic (exact) mass is 497 g/mol. The van der Waals surface area contributed by atoms with Crippen molar-refractivity contribution in [3.05, 3.63) is 94.7 Å². The van der Waals surface area contributed by atoms with Crippen LogP contribution in [0.4, 0.5) is 4.39 Å². The average molecular weight is 498 g/mol. The molecule has 6 heteroatoms. The van der Waals surface area contributed by atoms with Gasteiger partial charge in [0.05, 0.1) is 23.1 Å². The van der Waals surface area contributed by atoms with Crippen molar-refractivity contribution in [2.24, 2.45) is 20.9 Å². The maximum Gasteiger partial charge on any atom is 0.163 e. The molecule has 0 aromatic heterocycles. The molecule has 0 N–H and O–H groups in total. The molecule has 0 saturated carbocycles. The molecule has 1 atom stereocenters. The van der Waals surface area contributed by atoms with Crippen LogP contribution >= 0.6 is 0 Å². The van der Waals surface area contributed by atoms with Gasteiger partial charge in [-0.25, -0.2) is 14.4 Å². The lowest BCUT2D eigenvalue weighted by atomic mass is 9.93. The molecule has 2 aromatic carbocycles. The topological polar surface area (TPSA) is 55.5 Å². The van der Waals surface area contributed by atoms with Crippen LogP contribution < -0.4 is 4.74 Å². The molecule has 3 heterocycles. The number of hydrogen-bond acceptors (Lipinski definition) is 5. The van der Waals surface area contributed by atoms with E-state index < -0.39 is 0 Å². The molecule has 190 valence electrons. The zero-order valence-electron chi connectivity index (χ0n) is 21.6. The standard InChI is InChI=1S/C31H32FN3O2/c1-20(2)37-24-13-11-23(12-14-24)27-16-25(36-19-21(27)3)15-22-7-6-10-29-30(18-33-17-22)35-31(34-29)26-8-4-5-9-28(26)32/h4-5,8-14,16,18,20,22H,6-7,15,17,19H2,1-3H3. The van der Waals surface area contributed by atoms with E-state index in [0.717, 1.165) is 36.5 Å². The van der Waals surface area contributed by atoms with Crippen molar-refractivity contribution in [3.8, 4) is 5.75 Å². The van der Waals surface area contributed by atoms with Crippen LogP contribution in [-0.2, 0) is 4.74 Å². The second-order valence-electron chi connectivity index (χ2n) is 9.93. The van der Waals surface area contributed by atoms with Gasteiger partial charge in [-0.2, -0.15) is 0 Å². The molecule has 0 fully saturated rings. The first kappa shape index (κ1) is 24.9. The van der Waals surface area contributed by atoms with E-state index in [4.69, 9.17) is 9.47 Å². The lowest BCUT2D eigenvalue weighted by Gasteiger charge is -2.23. The minimum atomic E-state index is -0.320. The first-order chi connectivity index (χ1) is 18.0. The minimum absolute atomic E-state index is 0.153. The second kappa shape index (κ2) is 11.1. The van der Waals surface area contributed by atoms with E-state index in [2.05, 4.69) is 46.2 Å². The van der Waals surface area contributed by atoms with Crippen LogP contribution in [0, 0.1) is 11.7 Å². The van der Waals surface area contributed by atoms with Gasteiger partial charge in [-0.15, -0.1) is 0 Å². The van der Waals surface area contributed by atoms with Gasteiger partial charge in [0.2, 0.25) is 0 Å². The molecule has 1 unspecified atom stereocenters. The third kappa shape index (κ3) is 5.96. The van der Waals surface area contributed by atoms with Crippen molar-refractivity contribution >= 4 is 23.3 Å². The fourth-order valence-electron chi connectivity index (χ4n) is 4.70. The summed E-state index contributed by atoms with van der Waals surface area (Å²) in [6, 6.07) is 14.9. The van der Waals surface area contributed by atoms with Crippen LogP contribution in [-0.4, -0.2) is 37.0 Å². The van der Waals surface area contributed by atoms with Crippen molar-refractivity contribution in [1.82, 2.24) is 0 Å². The Balaban J connectivity index is 1.27. The largest absolute Gasteiger partial charge is 0.494 e. The van der Waals surface area contributed by atoms with Crippen LogP contribution in [0.15, 0.2) is 92.7 Å². The van der Waals surface area contributed by atoms with Gasteiger partial charge in [0, 0.05) is 19.2 Å². The Bertz CT molecular complexity index is 1350. The number of rotatable bonds is 6. The van der Waals surface area contributed by atoms with E-state index >= 15 is 0 Å². The summed E-state index contributed by atoms with van der Waals surface area (Å²) in [7, 11) is 0. The number of fused-ring (bicyclic) bond motifs is 1. The van der Waals surface area contributed by atoms with Gasteiger partial charge in [-0.1, -0.05) is 30.3 Å². The highest BCUT2D eigenvalue weighted by atomic mass is 19.1. The Kier molecular flexibility index (Phi) is 7.45. The number of benzene rings is 2. The van der Waals surface area contributed by atoms with Gasteiger partial charge in [-0.05, 0) is 86.6 Å². The molecular weight excluding hydrogens is 465 g/mol. The van der Waals surface area contributed by atoms with Gasteiger partial charge in [0.15, 0.2) is 5.84 Å². The number of amidine groups is 1. The summed E-state index contributed by atoms with van der Waals surface area (Å²) >= 11 is 0. The minimum Gasteiger partial charge on any atom is -0.494 e. The van der Waals surface area contributed by atoms with Crippen LogP contribution in [0.3, 0.4) is 0 Å². The number of aliphatic imine (C=N–C) groups is 3. The summed E-state index contributed by atoms with van der Waals surface area (Å²) in [5.74, 6) is 2.30. The molecule has 3 aliphatic heterocycles. The highest BCUT2D eigenvalue weighted by Crippen LogP contribution is 2.32. The van der Waals surface area contributed by atoms with Crippen LogP contribution in [0.1, 0.15) is 51.2 Å². The molecule has 2 aromatic rings. The van der Waals surface area contributed by atoms with Crippen molar-refractivity contribution in [2.75, 3.05) is 13.2 Å². The van der Waals surface area contributed by atoms with E-state index in [-0.39, 0.29) is 11.9 Å². The smallest absolute Gasteiger partial charge is 0.163 e. The molecule has 5 rings (SSSR count). The summed E-state index contributed by atoms with van der Waals surface area (Å²) in [5, 5.41) is 0. The molecule has 0 aliphatic carbocycles. The molecular formula is C31H32FN3O2. The van der Waals surface area contributed by atoms with Gasteiger partial charge < -0.3 is 9.47 Å². The van der Waals surface area contributed by atoms with Crippen LogP contribution in [0.5, 0.6) is 5.75 Å². The lowest BCUT2D eigenvalue weighted by Crippen LogP contribution is -2.12. The van der Waals surface area contributed by atoms with E-state index in [1.54, 1.807) is 24.4 Å². The van der Waals surface area contributed by atoms with Gasteiger partial charge in [0.1, 0.15) is 23.9 Å². The first-order valence-corrected chi connectivity index (χ1v) is 12.9. The van der Waals surface area contributed by atoms with E-state index in [0.29, 0.717) is 36.2 Å². The maximum absolute atomic E-state index is 14.2. The van der Waals surface area contributed by atoms with Crippen molar-refractivity contribution in [1.29, 1.82) is 0 Å². The summed E-state index contributed by atoms with van der Waals surface area (Å²) in [6.45, 7) is 7.45. The number of hydrogen-bond donors (Lipinski definition) is 0. The first-order valence-electron chi connectivity index (χ1n) is 12.9. The molecule has 37 heavy (non-hydrogen) atoms. The van der Waals surface area contributed by atoms with Crippen molar-refractivity contribution < 1.29 is 13.9 Å². The Morgan fingerprint density at radius 3 is 2.68 bits per heavy atom. The quantitative estimate of drug-likeness (QED) is 0.433. The molecule has 5 nitrogen and oxygen atoms in total. The molecule has 0 radical (unpaired) electrons. The van der Waals surface area contributed by atoms with Gasteiger partial charge >= 0.3 is 0 Å². The molecule has 0 bridgehead atoms. The Morgan fingerprint density at radius 2 is 1.89 bits per heavy atom. The molecule has 3 aliphatic rings. The molecule has 0 spiro atoms. The maximum atomic E-state index is 14.2. The van der Waals surface area contributed by atoms with Crippen LogP contribution in [0.2, 0.25) is 0 Å². The summed E-state index contributed by atoms with van der Waals surface area (Å²) in [6.07, 6.45) is 8.82. The van der Waals surface area contributed by atoms with Crippen LogP contribution in [0.25, 0.3) is 5.57 Å². The van der Waals surface area contributed by atoms with E-state index in [1.807, 2.05) is 26.0 Å². The number of allylic oxidation sites excluding steroid dienone is 5. The molecule has 0 saturated heterocycles. The Morgan fingerprint density at radius 1 is 1.08 bits per heavy atom. The summed E-state index contributed by atoms with van der Waals surface area (Å²) < 4.78 is 26.1. The normalized spacial score (nSPS) is 19.6. The summed E-state index contributed by atoms with van der Waals surface area (Å²) in [5.41, 5.74) is 5.47. The molecule has 0 amide bonds. The SMILES string of the molecule is CC1=C(c2ccc(OC(C)C)cc2)C=C(CC2CCC=C3N=C(c4ccccc4F)N=C3C=NC2)OC1. The fraction of sp³-hybridized carbons (Fsp3) is 0.323. The van der Waals surface area contributed by atoms with E-state index in [1.165, 1.54) is 22.8 Å². The zero-order chi connectivity index (χ0) is 25.8. The Hall–Kier alpha value is -3.80. The highest BCUT2D eigenvalue weighted by molar-refractivity contribution is 6.42. The van der Waals surface area contributed by atoms with Gasteiger partial charge in [0.25, 0.3) is 0 Å². The average Bonchev–Trinajstić information content (AvgIpc) is 3.30. The predicted molar refractivity (Wildman–Crippen MR) is 148 cm³/mol. The number of ether oxygens (including phenoxy) is 2. The highest BCUT2D eigenvalue weighted by Gasteiger charge is 2.22. The summed E-state index contributed by atoms with van der Waals surface area (Å²) in [4.78, 5) is 13.8. The third-order valence-electron chi connectivity index (χ3n) is 6.59. The zero-order valence-corrected chi connectivity index (χ0v) is 21.6. The predicted octanol–water partition coefficient (Wildman–Crippen LogP) is 6.96. The third-order valence-corrected chi connectivity index (χ3v) is 6.59. The lowest BCUT2D eigenvalue weighted by molar-refractivity contribution is 0.211. The van der Waals surface area contributed by atoms with E-state index in [9.17, 15) is 4.39 Å². The second-order valence-corrected chi connectivity index (χ2v) is 9.93. The van der Waals surface area contributed by atoms with Gasteiger partial charge in [-0.3, -0.25) is 4.99 Å².